The molecule has 0 radical (unpaired) electrons. The van der Waals surface area contributed by atoms with Crippen molar-refractivity contribution in [2.75, 3.05) is 11.1 Å². The summed E-state index contributed by atoms with van der Waals surface area (Å²) in [4.78, 5) is 22.4. The molecule has 10 heteroatoms. The lowest BCUT2D eigenvalue weighted by atomic mass is 10.1. The highest BCUT2D eigenvalue weighted by molar-refractivity contribution is 7.99. The molecule has 0 bridgehead atoms. The number of hydrogen-bond donors (Lipinski definition) is 1. The predicted molar refractivity (Wildman–Crippen MR) is 118 cm³/mol. The van der Waals surface area contributed by atoms with Crippen molar-refractivity contribution in [2.24, 2.45) is 7.05 Å². The minimum absolute atomic E-state index is 0.0313. The first kappa shape index (κ1) is 22.3. The first-order chi connectivity index (χ1) is 14.8. The fraction of sp³-hybridized carbons (Fsp3) is 0.286. The Kier molecular flexibility index (Phi) is 6.91. The summed E-state index contributed by atoms with van der Waals surface area (Å²) < 4.78 is 7.88. The van der Waals surface area contributed by atoms with Crippen LogP contribution in [-0.2, 0) is 11.8 Å². The van der Waals surface area contributed by atoms with Gasteiger partial charge in [0, 0.05) is 24.9 Å². The molecular formula is C21H23N5O4S. The van der Waals surface area contributed by atoms with E-state index in [-0.39, 0.29) is 23.5 Å². The molecule has 3 rings (SSSR count). The SMILES string of the molecule is Cc1cccc(OC(C)c2nnc(SCC(=O)Nc3ccc([N+](=O)[O-])cc3)n2C)c1C. The average Bonchev–Trinajstić information content (AvgIpc) is 3.10. The number of nitro groups is 1. The quantitative estimate of drug-likeness (QED) is 0.316. The molecule has 162 valence electrons. The predicted octanol–water partition coefficient (Wildman–Crippen LogP) is 4.21. The average molecular weight is 442 g/mol. The standard InChI is InChI=1S/C21H23N5O4S/c1-13-6-5-7-18(14(13)2)30-15(3)20-23-24-21(25(20)4)31-12-19(27)22-16-8-10-17(11-9-16)26(28)29/h5-11,15H,12H2,1-4H3,(H,22,27). The third kappa shape index (κ3) is 5.40. The summed E-state index contributed by atoms with van der Waals surface area (Å²) in [5.74, 6) is 1.32. The topological polar surface area (TPSA) is 112 Å². The molecule has 1 N–H and O–H groups in total. The number of thioether (sulfide) groups is 1. The number of amides is 1. The van der Waals surface area contributed by atoms with Gasteiger partial charge in [-0.3, -0.25) is 14.9 Å². The van der Waals surface area contributed by atoms with Crippen LogP contribution in [0.2, 0.25) is 0 Å². The molecule has 0 saturated carbocycles. The first-order valence-electron chi connectivity index (χ1n) is 9.55. The van der Waals surface area contributed by atoms with Gasteiger partial charge in [0.1, 0.15) is 5.75 Å². The van der Waals surface area contributed by atoms with Gasteiger partial charge in [-0.25, -0.2) is 0 Å². The van der Waals surface area contributed by atoms with Crippen molar-refractivity contribution in [1.82, 2.24) is 14.8 Å². The van der Waals surface area contributed by atoms with Gasteiger partial charge in [-0.15, -0.1) is 10.2 Å². The van der Waals surface area contributed by atoms with E-state index < -0.39 is 4.92 Å². The highest BCUT2D eigenvalue weighted by atomic mass is 32.2. The monoisotopic (exact) mass is 441 g/mol. The normalized spacial score (nSPS) is 11.7. The fourth-order valence-electron chi connectivity index (χ4n) is 2.89. The number of nitrogens with zero attached hydrogens (tertiary/aromatic N) is 4. The molecule has 0 fully saturated rings. The second-order valence-corrected chi connectivity index (χ2v) is 7.94. The maximum Gasteiger partial charge on any atom is 0.269 e. The van der Waals surface area contributed by atoms with E-state index in [9.17, 15) is 14.9 Å². The van der Waals surface area contributed by atoms with Crippen LogP contribution in [0.5, 0.6) is 5.75 Å². The van der Waals surface area contributed by atoms with E-state index in [1.807, 2.05) is 46.0 Å². The zero-order valence-corrected chi connectivity index (χ0v) is 18.5. The maximum absolute atomic E-state index is 12.2. The van der Waals surface area contributed by atoms with Gasteiger partial charge in [0.15, 0.2) is 17.1 Å². The number of carbonyl (C=O) groups is 1. The molecule has 0 spiro atoms. The molecule has 0 aliphatic carbocycles. The van der Waals surface area contributed by atoms with Gasteiger partial charge >= 0.3 is 0 Å². The summed E-state index contributed by atoms with van der Waals surface area (Å²) in [7, 11) is 1.83. The molecule has 2 aromatic carbocycles. The summed E-state index contributed by atoms with van der Waals surface area (Å²) in [6.07, 6.45) is -0.318. The van der Waals surface area contributed by atoms with Crippen molar-refractivity contribution in [3.05, 3.63) is 69.5 Å². The van der Waals surface area contributed by atoms with Crippen molar-refractivity contribution in [1.29, 1.82) is 0 Å². The van der Waals surface area contributed by atoms with Gasteiger partial charge < -0.3 is 14.6 Å². The number of ether oxygens (including phenoxy) is 1. The lowest BCUT2D eigenvalue weighted by Gasteiger charge is -2.16. The number of hydrogen-bond acceptors (Lipinski definition) is 7. The van der Waals surface area contributed by atoms with E-state index in [2.05, 4.69) is 15.5 Å². The van der Waals surface area contributed by atoms with Crippen LogP contribution in [0.1, 0.15) is 30.0 Å². The van der Waals surface area contributed by atoms with E-state index in [0.29, 0.717) is 16.7 Å². The van der Waals surface area contributed by atoms with Crippen LogP contribution < -0.4 is 10.1 Å². The Balaban J connectivity index is 1.59. The molecule has 1 unspecified atom stereocenters. The smallest absolute Gasteiger partial charge is 0.269 e. The summed E-state index contributed by atoms with van der Waals surface area (Å²) >= 11 is 1.25. The fourth-order valence-corrected chi connectivity index (χ4v) is 3.61. The lowest BCUT2D eigenvalue weighted by molar-refractivity contribution is -0.384. The van der Waals surface area contributed by atoms with E-state index in [1.54, 1.807) is 4.57 Å². The summed E-state index contributed by atoms with van der Waals surface area (Å²) in [5, 5.41) is 22.4. The molecular weight excluding hydrogens is 418 g/mol. The van der Waals surface area contributed by atoms with Crippen LogP contribution in [0.4, 0.5) is 11.4 Å². The molecule has 1 heterocycles. The minimum Gasteiger partial charge on any atom is -0.482 e. The third-order valence-electron chi connectivity index (χ3n) is 4.79. The van der Waals surface area contributed by atoms with E-state index in [1.165, 1.54) is 36.0 Å². The van der Waals surface area contributed by atoms with Crippen LogP contribution in [0, 0.1) is 24.0 Å². The van der Waals surface area contributed by atoms with E-state index in [4.69, 9.17) is 4.74 Å². The number of anilines is 1. The van der Waals surface area contributed by atoms with Crippen LogP contribution in [0.3, 0.4) is 0 Å². The molecule has 1 aromatic heterocycles. The van der Waals surface area contributed by atoms with Gasteiger partial charge in [0.25, 0.3) is 5.69 Å². The van der Waals surface area contributed by atoms with Crippen molar-refractivity contribution in [2.45, 2.75) is 32.0 Å². The first-order valence-corrected chi connectivity index (χ1v) is 10.5. The number of nitrogens with one attached hydrogen (secondary N) is 1. The highest BCUT2D eigenvalue weighted by Gasteiger charge is 2.19. The van der Waals surface area contributed by atoms with Gasteiger partial charge in [-0.05, 0) is 50.1 Å². The Hall–Kier alpha value is -3.40. The van der Waals surface area contributed by atoms with E-state index >= 15 is 0 Å². The second kappa shape index (κ2) is 9.61. The zero-order chi connectivity index (χ0) is 22.5. The Bertz CT molecular complexity index is 1100. The van der Waals surface area contributed by atoms with Gasteiger partial charge in [-0.2, -0.15) is 0 Å². The van der Waals surface area contributed by atoms with Crippen LogP contribution in [0.15, 0.2) is 47.6 Å². The van der Waals surface area contributed by atoms with E-state index in [0.717, 1.165) is 16.9 Å². The van der Waals surface area contributed by atoms with Crippen molar-refractivity contribution in [3.8, 4) is 5.75 Å². The van der Waals surface area contributed by atoms with Crippen molar-refractivity contribution in [3.63, 3.8) is 0 Å². The Labute approximate surface area is 184 Å². The number of benzene rings is 2. The van der Waals surface area contributed by atoms with Crippen LogP contribution >= 0.6 is 11.8 Å². The van der Waals surface area contributed by atoms with Gasteiger partial charge in [-0.1, -0.05) is 23.9 Å². The molecule has 1 amide bonds. The lowest BCUT2D eigenvalue weighted by Crippen LogP contribution is -2.15. The molecule has 0 saturated heterocycles. The number of aromatic nitrogens is 3. The minimum atomic E-state index is -0.488. The van der Waals surface area contributed by atoms with Crippen molar-refractivity contribution < 1.29 is 14.5 Å². The molecule has 0 aliphatic heterocycles. The number of nitro benzene ring substituents is 1. The maximum atomic E-state index is 12.2. The number of carbonyl (C=O) groups excluding carboxylic acids is 1. The number of aryl methyl sites for hydroxylation is 1. The van der Waals surface area contributed by atoms with Crippen LogP contribution in [0.25, 0.3) is 0 Å². The van der Waals surface area contributed by atoms with Gasteiger partial charge in [0.05, 0.1) is 10.7 Å². The Morgan fingerprint density at radius 2 is 1.94 bits per heavy atom. The third-order valence-corrected chi connectivity index (χ3v) is 5.81. The number of non-ortho nitro benzene ring substituents is 1. The molecule has 31 heavy (non-hydrogen) atoms. The van der Waals surface area contributed by atoms with Crippen LogP contribution in [-0.4, -0.2) is 31.3 Å². The second-order valence-electron chi connectivity index (χ2n) is 7.00. The molecule has 1 atom stereocenters. The molecule has 3 aromatic rings. The van der Waals surface area contributed by atoms with Gasteiger partial charge in [0.2, 0.25) is 5.91 Å². The summed E-state index contributed by atoms with van der Waals surface area (Å²) in [6, 6.07) is 11.6. The summed E-state index contributed by atoms with van der Waals surface area (Å²) in [5.41, 5.74) is 2.69. The molecule has 0 aliphatic rings. The largest absolute Gasteiger partial charge is 0.482 e. The molecule has 9 nitrogen and oxygen atoms in total. The zero-order valence-electron chi connectivity index (χ0n) is 17.7. The highest BCUT2D eigenvalue weighted by Crippen LogP contribution is 2.27. The number of rotatable bonds is 8. The summed E-state index contributed by atoms with van der Waals surface area (Å²) in [6.45, 7) is 5.95. The Morgan fingerprint density at radius 1 is 1.23 bits per heavy atom. The van der Waals surface area contributed by atoms with Crippen molar-refractivity contribution >= 4 is 29.0 Å². The Morgan fingerprint density at radius 3 is 2.61 bits per heavy atom.